The van der Waals surface area contributed by atoms with Gasteiger partial charge in [-0.3, -0.25) is 9.80 Å². The summed E-state index contributed by atoms with van der Waals surface area (Å²) < 4.78 is 23.3. The van der Waals surface area contributed by atoms with Crippen molar-refractivity contribution in [3.05, 3.63) is 88.0 Å². The van der Waals surface area contributed by atoms with Gasteiger partial charge in [-0.05, 0) is 121 Å². The van der Waals surface area contributed by atoms with Crippen molar-refractivity contribution in [1.29, 1.82) is 0 Å². The highest BCUT2D eigenvalue weighted by Crippen LogP contribution is 2.54. The third-order valence-corrected chi connectivity index (χ3v) is 9.91. The number of phenolic OH excluding ortho intramolecular Hbond substituents is 2. The molecule has 4 aromatic carbocycles. The molecule has 8 nitrogen and oxygen atoms in total. The quantitative estimate of drug-likeness (QED) is 0.248. The third-order valence-electron chi connectivity index (χ3n) is 9.91. The lowest BCUT2D eigenvalue weighted by atomic mass is 9.76. The van der Waals surface area contributed by atoms with Crippen molar-refractivity contribution in [3.63, 3.8) is 0 Å². The lowest BCUT2D eigenvalue weighted by Crippen LogP contribution is -2.35. The number of nitrogens with zero attached hydrogens (tertiary/aromatic N) is 2. The molecule has 0 unspecified atom stereocenters. The number of rotatable bonds is 7. The van der Waals surface area contributed by atoms with Crippen LogP contribution in [0, 0.1) is 0 Å². The van der Waals surface area contributed by atoms with Gasteiger partial charge in [0.15, 0.2) is 34.5 Å². The Bertz CT molecular complexity index is 1770. The van der Waals surface area contributed by atoms with Gasteiger partial charge >= 0.3 is 0 Å². The first kappa shape index (κ1) is 29.3. The van der Waals surface area contributed by atoms with Crippen LogP contribution in [-0.2, 0) is 25.7 Å². The van der Waals surface area contributed by atoms with Crippen LogP contribution < -0.4 is 18.9 Å². The molecule has 2 heterocycles. The van der Waals surface area contributed by atoms with Crippen LogP contribution in [0.15, 0.2) is 54.6 Å². The van der Waals surface area contributed by atoms with Crippen molar-refractivity contribution >= 4 is 0 Å². The number of hydrogen-bond donors (Lipinski definition) is 2. The van der Waals surface area contributed by atoms with E-state index in [0.717, 1.165) is 61.0 Å². The van der Waals surface area contributed by atoms with E-state index < -0.39 is 0 Å². The normalized spacial score (nSPS) is 18.9. The van der Waals surface area contributed by atoms with Crippen molar-refractivity contribution in [2.45, 2.75) is 37.8 Å². The minimum absolute atomic E-state index is 0.0803. The molecule has 3 aliphatic rings. The van der Waals surface area contributed by atoms with Gasteiger partial charge in [0.05, 0.1) is 21.3 Å². The summed E-state index contributed by atoms with van der Waals surface area (Å²) in [5, 5.41) is 21.5. The number of phenols is 2. The number of likely N-dealkylation sites (N-methyl/N-ethyl adjacent to an activating group) is 2. The smallest absolute Gasteiger partial charge is 0.169 e. The fraction of sp³-hybridized carbons (Fsp3) is 0.351. The zero-order chi connectivity index (χ0) is 31.4. The van der Waals surface area contributed by atoms with Gasteiger partial charge in [0, 0.05) is 30.7 Å². The molecule has 2 N–H and O–H groups in total. The Morgan fingerprint density at radius 2 is 1.42 bits per heavy atom. The largest absolute Gasteiger partial charge is 0.504 e. The minimum Gasteiger partial charge on any atom is -0.504 e. The molecule has 0 amide bonds. The van der Waals surface area contributed by atoms with Crippen LogP contribution in [0.4, 0.5) is 0 Å². The molecule has 2 aliphatic heterocycles. The van der Waals surface area contributed by atoms with Crippen molar-refractivity contribution < 1.29 is 29.2 Å². The van der Waals surface area contributed by atoms with Crippen molar-refractivity contribution in [2.24, 2.45) is 0 Å². The summed E-state index contributed by atoms with van der Waals surface area (Å²) in [6.07, 6.45) is 3.45. The number of fused-ring (bicyclic) bond motifs is 3. The average molecular weight is 609 g/mol. The molecule has 45 heavy (non-hydrogen) atoms. The van der Waals surface area contributed by atoms with E-state index in [4.69, 9.17) is 18.9 Å². The SMILES string of the molecule is COc1cc2c(cc1O)CCN(C)[C@H]2Cc1ccc(Oc2cc3c(cc2O)-c2c(OC)c(OC)cc4c2[C@@H](C3)N(C)CC4)cc1. The number of methoxy groups -OCH3 is 3. The molecule has 4 aromatic rings. The minimum atomic E-state index is 0.0803. The summed E-state index contributed by atoms with van der Waals surface area (Å²) in [6, 6.07) is 18.1. The van der Waals surface area contributed by atoms with Gasteiger partial charge in [0.1, 0.15) is 5.75 Å². The van der Waals surface area contributed by atoms with Gasteiger partial charge in [-0.25, -0.2) is 0 Å². The third kappa shape index (κ3) is 5.02. The van der Waals surface area contributed by atoms with E-state index in [9.17, 15) is 10.2 Å². The highest BCUT2D eigenvalue weighted by Gasteiger charge is 2.37. The molecule has 0 bridgehead atoms. The second-order valence-corrected chi connectivity index (χ2v) is 12.4. The van der Waals surface area contributed by atoms with Gasteiger partial charge in [0.25, 0.3) is 0 Å². The van der Waals surface area contributed by atoms with Gasteiger partial charge < -0.3 is 29.2 Å². The number of aromatic hydroxyl groups is 2. The Balaban J connectivity index is 1.17. The van der Waals surface area contributed by atoms with Gasteiger partial charge in [0.2, 0.25) is 0 Å². The summed E-state index contributed by atoms with van der Waals surface area (Å²) in [6.45, 7) is 1.89. The maximum absolute atomic E-state index is 11.2. The van der Waals surface area contributed by atoms with Gasteiger partial charge in [-0.15, -0.1) is 0 Å². The van der Waals surface area contributed by atoms with E-state index in [0.29, 0.717) is 28.7 Å². The number of ether oxygens (including phenoxy) is 4. The monoisotopic (exact) mass is 608 g/mol. The molecule has 1 aliphatic carbocycles. The molecule has 8 heteroatoms. The highest BCUT2D eigenvalue weighted by molar-refractivity contribution is 5.85. The zero-order valence-corrected chi connectivity index (χ0v) is 26.5. The van der Waals surface area contributed by atoms with Crippen LogP contribution in [0.1, 0.15) is 45.5 Å². The molecular formula is C37H40N2O6. The van der Waals surface area contributed by atoms with Crippen LogP contribution in [0.3, 0.4) is 0 Å². The van der Waals surface area contributed by atoms with Crippen LogP contribution in [-0.4, -0.2) is 68.5 Å². The first-order valence-electron chi connectivity index (χ1n) is 15.5. The lowest BCUT2D eigenvalue weighted by molar-refractivity contribution is 0.226. The summed E-state index contributed by atoms with van der Waals surface area (Å²) in [4.78, 5) is 4.75. The molecule has 0 saturated carbocycles. The standard InChI is InChI=1S/C37H40N2O6/c1-38-12-10-22-16-30(40)32(42-3)20-26(22)28(38)14-21-6-8-25(9-7-21)45-33-18-24-15-29-35-23(11-13-39(29)2)17-34(43-4)37(44-5)36(35)27(24)19-31(33)41/h6-9,16-20,28-29,40-41H,10-15H2,1-5H3/t28-,29+/m0/s1. The highest BCUT2D eigenvalue weighted by atomic mass is 16.5. The lowest BCUT2D eigenvalue weighted by Gasteiger charge is -2.40. The Morgan fingerprint density at radius 1 is 0.733 bits per heavy atom. The molecular weight excluding hydrogens is 568 g/mol. The van der Waals surface area contributed by atoms with Gasteiger partial charge in [-0.1, -0.05) is 12.1 Å². The van der Waals surface area contributed by atoms with E-state index in [1.165, 1.54) is 22.3 Å². The second-order valence-electron chi connectivity index (χ2n) is 12.4. The Labute approximate surface area is 264 Å². The molecule has 234 valence electrons. The van der Waals surface area contributed by atoms with E-state index in [-0.39, 0.29) is 23.6 Å². The summed E-state index contributed by atoms with van der Waals surface area (Å²) in [5.74, 6) is 3.26. The maximum Gasteiger partial charge on any atom is 0.169 e. The second kappa shape index (κ2) is 11.5. The maximum atomic E-state index is 11.2. The molecule has 0 spiro atoms. The molecule has 2 atom stereocenters. The first-order chi connectivity index (χ1) is 21.8. The Morgan fingerprint density at radius 3 is 2.16 bits per heavy atom. The number of benzene rings is 4. The van der Waals surface area contributed by atoms with Crippen LogP contribution in [0.25, 0.3) is 11.1 Å². The van der Waals surface area contributed by atoms with Crippen LogP contribution >= 0.6 is 0 Å². The molecule has 0 radical (unpaired) electrons. The summed E-state index contributed by atoms with van der Waals surface area (Å²) >= 11 is 0. The Kier molecular flexibility index (Phi) is 7.50. The van der Waals surface area contributed by atoms with Crippen molar-refractivity contribution in [3.8, 4) is 51.4 Å². The predicted molar refractivity (Wildman–Crippen MR) is 173 cm³/mol. The molecule has 0 saturated heterocycles. The van der Waals surface area contributed by atoms with E-state index in [1.54, 1.807) is 21.3 Å². The summed E-state index contributed by atoms with van der Waals surface area (Å²) in [7, 11) is 9.23. The predicted octanol–water partition coefficient (Wildman–Crippen LogP) is 6.44. The summed E-state index contributed by atoms with van der Waals surface area (Å²) in [5.41, 5.74) is 9.10. The first-order valence-corrected chi connectivity index (χ1v) is 15.5. The molecule has 7 rings (SSSR count). The topological polar surface area (TPSA) is 83.9 Å². The van der Waals surface area contributed by atoms with E-state index >= 15 is 0 Å². The number of hydrogen-bond acceptors (Lipinski definition) is 8. The Hall–Kier alpha value is -4.40. The van der Waals surface area contributed by atoms with Gasteiger partial charge in [-0.2, -0.15) is 0 Å². The van der Waals surface area contributed by atoms with E-state index in [2.05, 4.69) is 42.1 Å². The fourth-order valence-electron chi connectivity index (χ4n) is 7.47. The van der Waals surface area contributed by atoms with Crippen LogP contribution in [0.5, 0.6) is 40.2 Å². The van der Waals surface area contributed by atoms with Crippen LogP contribution in [0.2, 0.25) is 0 Å². The van der Waals surface area contributed by atoms with Crippen molar-refractivity contribution in [1.82, 2.24) is 9.80 Å². The fourth-order valence-corrected chi connectivity index (χ4v) is 7.47. The van der Waals surface area contributed by atoms with Crippen molar-refractivity contribution in [2.75, 3.05) is 48.5 Å². The van der Waals surface area contributed by atoms with E-state index in [1.807, 2.05) is 36.4 Å². The molecule has 0 fully saturated rings. The average Bonchev–Trinajstić information content (AvgIpc) is 3.04. The molecule has 0 aromatic heterocycles. The zero-order valence-electron chi connectivity index (χ0n) is 26.5.